The van der Waals surface area contributed by atoms with Gasteiger partial charge in [-0.3, -0.25) is 4.79 Å². The molecule has 1 aromatic carbocycles. The third kappa shape index (κ3) is 2.87. The highest BCUT2D eigenvalue weighted by molar-refractivity contribution is 7.09. The number of amides is 1. The smallest absolute Gasteiger partial charge is 0.257 e. The molecule has 122 valence electrons. The van der Waals surface area contributed by atoms with E-state index in [0.717, 1.165) is 24.2 Å². The van der Waals surface area contributed by atoms with E-state index in [-0.39, 0.29) is 5.91 Å². The van der Waals surface area contributed by atoms with E-state index in [2.05, 4.69) is 16.5 Å². The minimum absolute atomic E-state index is 0.0885. The molecule has 2 aromatic heterocycles. The molecule has 1 saturated carbocycles. The van der Waals surface area contributed by atoms with Gasteiger partial charge >= 0.3 is 0 Å². The fraction of sp³-hybridized carbons (Fsp3) is 0.263. The van der Waals surface area contributed by atoms with Crippen molar-refractivity contribution in [3.8, 4) is 5.69 Å². The van der Waals surface area contributed by atoms with Gasteiger partial charge in [-0.05, 0) is 43.3 Å². The number of benzene rings is 1. The Morgan fingerprint density at radius 2 is 2.04 bits per heavy atom. The standard InChI is InChI=1S/C19H19N3OS/c1-14-18(12-20-22(14)16-6-3-2-4-7-16)19(23)21(15-9-10-15)13-17-8-5-11-24-17/h2-8,11-12,15H,9-10,13H2,1H3. The molecule has 1 amide bonds. The molecule has 3 aromatic rings. The SMILES string of the molecule is Cc1c(C(=O)N(Cc2cccs2)C2CC2)cnn1-c1ccccc1. The first-order chi connectivity index (χ1) is 11.7. The first-order valence-corrected chi connectivity index (χ1v) is 9.05. The van der Waals surface area contributed by atoms with Crippen LogP contribution in [0.15, 0.2) is 54.0 Å². The van der Waals surface area contributed by atoms with Crippen LogP contribution in [0.3, 0.4) is 0 Å². The van der Waals surface area contributed by atoms with Gasteiger partial charge in [-0.15, -0.1) is 11.3 Å². The molecule has 0 spiro atoms. The molecule has 5 heteroatoms. The third-order valence-corrected chi connectivity index (χ3v) is 5.26. The van der Waals surface area contributed by atoms with Gasteiger partial charge in [0.15, 0.2) is 0 Å². The third-order valence-electron chi connectivity index (χ3n) is 4.40. The summed E-state index contributed by atoms with van der Waals surface area (Å²) in [6.45, 7) is 2.65. The molecule has 24 heavy (non-hydrogen) atoms. The lowest BCUT2D eigenvalue weighted by Gasteiger charge is -2.21. The molecular weight excluding hydrogens is 318 g/mol. The van der Waals surface area contributed by atoms with Gasteiger partial charge in [0.25, 0.3) is 5.91 Å². The van der Waals surface area contributed by atoms with Crippen molar-refractivity contribution >= 4 is 17.2 Å². The number of hydrogen-bond donors (Lipinski definition) is 0. The Hall–Kier alpha value is -2.40. The Morgan fingerprint density at radius 1 is 1.25 bits per heavy atom. The van der Waals surface area contributed by atoms with Crippen molar-refractivity contribution in [2.45, 2.75) is 32.4 Å². The van der Waals surface area contributed by atoms with Crippen LogP contribution in [0.4, 0.5) is 0 Å². The fourth-order valence-corrected chi connectivity index (χ4v) is 3.63. The van der Waals surface area contributed by atoms with E-state index >= 15 is 0 Å². The topological polar surface area (TPSA) is 38.1 Å². The monoisotopic (exact) mass is 337 g/mol. The molecule has 0 N–H and O–H groups in total. The summed E-state index contributed by atoms with van der Waals surface area (Å²) >= 11 is 1.70. The maximum Gasteiger partial charge on any atom is 0.257 e. The van der Waals surface area contributed by atoms with Gasteiger partial charge in [0, 0.05) is 10.9 Å². The predicted molar refractivity (Wildman–Crippen MR) is 95.5 cm³/mol. The van der Waals surface area contributed by atoms with Crippen LogP contribution >= 0.6 is 11.3 Å². The van der Waals surface area contributed by atoms with Gasteiger partial charge in [-0.25, -0.2) is 4.68 Å². The molecule has 0 atom stereocenters. The second-order valence-corrected chi connectivity index (χ2v) is 7.17. The zero-order valence-electron chi connectivity index (χ0n) is 13.6. The summed E-state index contributed by atoms with van der Waals surface area (Å²) in [7, 11) is 0. The van der Waals surface area contributed by atoms with Crippen molar-refractivity contribution in [1.82, 2.24) is 14.7 Å². The molecule has 2 heterocycles. The van der Waals surface area contributed by atoms with E-state index in [9.17, 15) is 4.79 Å². The van der Waals surface area contributed by atoms with Gasteiger partial charge in [-0.2, -0.15) is 5.10 Å². The van der Waals surface area contributed by atoms with Crippen LogP contribution in [-0.2, 0) is 6.54 Å². The number of thiophene rings is 1. The fourth-order valence-electron chi connectivity index (χ4n) is 2.93. The molecule has 0 unspecified atom stereocenters. The van der Waals surface area contributed by atoms with Crippen LogP contribution in [0.2, 0.25) is 0 Å². The number of rotatable bonds is 5. The zero-order chi connectivity index (χ0) is 16.5. The van der Waals surface area contributed by atoms with Crippen LogP contribution in [-0.4, -0.2) is 26.6 Å². The molecule has 0 radical (unpaired) electrons. The Balaban J connectivity index is 1.62. The minimum Gasteiger partial charge on any atom is -0.330 e. The quantitative estimate of drug-likeness (QED) is 0.704. The zero-order valence-corrected chi connectivity index (χ0v) is 14.4. The van der Waals surface area contributed by atoms with Gasteiger partial charge in [-0.1, -0.05) is 24.3 Å². The Morgan fingerprint density at radius 3 is 2.71 bits per heavy atom. The number of carbonyl (C=O) groups is 1. The normalized spacial score (nSPS) is 13.9. The number of hydrogen-bond acceptors (Lipinski definition) is 3. The summed E-state index contributed by atoms with van der Waals surface area (Å²) in [6, 6.07) is 14.4. The largest absolute Gasteiger partial charge is 0.330 e. The summed E-state index contributed by atoms with van der Waals surface area (Å²) < 4.78 is 1.84. The highest BCUT2D eigenvalue weighted by Crippen LogP contribution is 2.31. The highest BCUT2D eigenvalue weighted by Gasteiger charge is 2.34. The Kier molecular flexibility index (Phi) is 3.94. The van der Waals surface area contributed by atoms with Crippen molar-refractivity contribution in [2.24, 2.45) is 0 Å². The lowest BCUT2D eigenvalue weighted by molar-refractivity contribution is 0.0731. The van der Waals surface area contributed by atoms with Gasteiger partial charge < -0.3 is 4.90 Å². The minimum atomic E-state index is 0.0885. The molecule has 1 fully saturated rings. The summed E-state index contributed by atoms with van der Waals surface area (Å²) in [6.07, 6.45) is 3.90. The molecule has 0 saturated heterocycles. The Labute approximate surface area is 145 Å². The molecular formula is C19H19N3OS. The lowest BCUT2D eigenvalue weighted by atomic mass is 10.2. The van der Waals surface area contributed by atoms with Crippen LogP contribution in [0.1, 0.15) is 33.8 Å². The summed E-state index contributed by atoms with van der Waals surface area (Å²) in [5.74, 6) is 0.0885. The van der Waals surface area contributed by atoms with Crippen LogP contribution in [0.25, 0.3) is 5.69 Å². The lowest BCUT2D eigenvalue weighted by Crippen LogP contribution is -2.32. The van der Waals surface area contributed by atoms with Crippen molar-refractivity contribution in [1.29, 1.82) is 0 Å². The Bertz CT molecular complexity index is 835. The molecule has 4 rings (SSSR count). The van der Waals surface area contributed by atoms with Crippen LogP contribution in [0, 0.1) is 6.92 Å². The van der Waals surface area contributed by atoms with Crippen molar-refractivity contribution in [2.75, 3.05) is 0 Å². The summed E-state index contributed by atoms with van der Waals surface area (Å²) in [4.78, 5) is 16.3. The first-order valence-electron chi connectivity index (χ1n) is 8.17. The average Bonchev–Trinajstić information content (AvgIpc) is 3.17. The van der Waals surface area contributed by atoms with Gasteiger partial charge in [0.05, 0.1) is 29.7 Å². The number of aromatic nitrogens is 2. The molecule has 1 aliphatic carbocycles. The van der Waals surface area contributed by atoms with Crippen LogP contribution in [0.5, 0.6) is 0 Å². The van der Waals surface area contributed by atoms with Gasteiger partial charge in [0.1, 0.15) is 0 Å². The summed E-state index contributed by atoms with van der Waals surface area (Å²) in [5, 5.41) is 6.50. The van der Waals surface area contributed by atoms with E-state index in [4.69, 9.17) is 0 Å². The molecule has 0 aliphatic heterocycles. The van der Waals surface area contributed by atoms with Crippen molar-refractivity contribution in [3.05, 3.63) is 70.2 Å². The van der Waals surface area contributed by atoms with Crippen molar-refractivity contribution < 1.29 is 4.79 Å². The molecule has 4 nitrogen and oxygen atoms in total. The average molecular weight is 337 g/mol. The maximum atomic E-state index is 13.1. The maximum absolute atomic E-state index is 13.1. The predicted octanol–water partition coefficient (Wildman–Crippen LogP) is 4.05. The molecule has 1 aliphatic rings. The molecule has 0 bridgehead atoms. The van der Waals surface area contributed by atoms with E-state index in [0.29, 0.717) is 18.2 Å². The second kappa shape index (κ2) is 6.24. The number of nitrogens with zero attached hydrogens (tertiary/aromatic N) is 3. The second-order valence-electron chi connectivity index (χ2n) is 6.13. The van der Waals surface area contributed by atoms with E-state index < -0.39 is 0 Å². The first kappa shape index (κ1) is 15.1. The van der Waals surface area contributed by atoms with E-state index in [1.165, 1.54) is 4.88 Å². The number of para-hydroxylation sites is 1. The number of carbonyl (C=O) groups excluding carboxylic acids is 1. The van der Waals surface area contributed by atoms with Gasteiger partial charge in [0.2, 0.25) is 0 Å². The highest BCUT2D eigenvalue weighted by atomic mass is 32.1. The van der Waals surface area contributed by atoms with Crippen LogP contribution < -0.4 is 0 Å². The van der Waals surface area contributed by atoms with E-state index in [1.807, 2.05) is 52.9 Å². The van der Waals surface area contributed by atoms with E-state index in [1.54, 1.807) is 17.5 Å². The van der Waals surface area contributed by atoms with Crippen molar-refractivity contribution in [3.63, 3.8) is 0 Å². The summed E-state index contributed by atoms with van der Waals surface area (Å²) in [5.41, 5.74) is 2.57.